The van der Waals surface area contributed by atoms with Crippen molar-refractivity contribution in [3.05, 3.63) is 59.2 Å². The summed E-state index contributed by atoms with van der Waals surface area (Å²) < 4.78 is 36.5. The molecule has 174 valence electrons. The fourth-order valence-electron chi connectivity index (χ4n) is 3.00. The maximum absolute atomic E-state index is 12.8. The van der Waals surface area contributed by atoms with Crippen molar-refractivity contribution in [2.75, 3.05) is 13.2 Å². The van der Waals surface area contributed by atoms with Gasteiger partial charge in [0.15, 0.2) is 9.84 Å². The Balaban J connectivity index is 2.25. The lowest BCUT2D eigenvalue weighted by Gasteiger charge is -2.20. The summed E-state index contributed by atoms with van der Waals surface area (Å²) in [6, 6.07) is 11.0. The predicted octanol–water partition coefficient (Wildman–Crippen LogP) is 3.82. The lowest BCUT2D eigenvalue weighted by atomic mass is 10.0. The third kappa shape index (κ3) is 6.98. The first kappa shape index (κ1) is 25.2. The monoisotopic (exact) mass is 463 g/mol. The zero-order valence-corrected chi connectivity index (χ0v) is 19.5. The number of hydrogen-bond acceptors (Lipinski definition) is 6. The molecule has 0 saturated carbocycles. The summed E-state index contributed by atoms with van der Waals surface area (Å²) in [4.78, 5) is 23.9. The number of rotatable bonds is 9. The second-order valence-corrected chi connectivity index (χ2v) is 10.1. The van der Waals surface area contributed by atoms with Crippen molar-refractivity contribution in [1.29, 1.82) is 0 Å². The van der Waals surface area contributed by atoms with Crippen LogP contribution < -0.4 is 10.1 Å². The first-order valence-electron chi connectivity index (χ1n) is 10.2. The van der Waals surface area contributed by atoms with Gasteiger partial charge in [-0.25, -0.2) is 18.0 Å². The van der Waals surface area contributed by atoms with Gasteiger partial charge in [0, 0.05) is 0 Å². The first-order chi connectivity index (χ1) is 14.9. The average Bonchev–Trinajstić information content (AvgIpc) is 2.70. The summed E-state index contributed by atoms with van der Waals surface area (Å²) in [6.07, 6.45) is -0.126. The van der Waals surface area contributed by atoms with E-state index in [4.69, 9.17) is 9.47 Å². The highest BCUT2D eigenvalue weighted by molar-refractivity contribution is 7.90. The summed E-state index contributed by atoms with van der Waals surface area (Å²) in [5, 5.41) is 12.4. The van der Waals surface area contributed by atoms with Crippen LogP contribution in [0.25, 0.3) is 0 Å². The molecule has 0 bridgehead atoms. The Kier molecular flexibility index (Phi) is 8.26. The molecule has 0 aliphatic carbocycles. The Morgan fingerprint density at radius 3 is 2.22 bits per heavy atom. The minimum Gasteiger partial charge on any atom is -0.491 e. The van der Waals surface area contributed by atoms with Gasteiger partial charge in [0.1, 0.15) is 23.5 Å². The fraction of sp³-hybridized carbons (Fsp3) is 0.391. The molecule has 1 amide bonds. The zero-order valence-electron chi connectivity index (χ0n) is 18.7. The van der Waals surface area contributed by atoms with E-state index in [1.165, 1.54) is 18.2 Å². The Morgan fingerprint density at radius 2 is 1.66 bits per heavy atom. The number of carbonyl (C=O) groups is 2. The van der Waals surface area contributed by atoms with Crippen LogP contribution in [0, 0.1) is 0 Å². The first-order valence-corrected chi connectivity index (χ1v) is 11.9. The molecule has 0 heterocycles. The molecule has 0 aliphatic heterocycles. The van der Waals surface area contributed by atoms with Gasteiger partial charge >= 0.3 is 12.1 Å². The van der Waals surface area contributed by atoms with Gasteiger partial charge < -0.3 is 19.9 Å². The van der Waals surface area contributed by atoms with E-state index in [0.717, 1.165) is 0 Å². The number of amides is 1. The van der Waals surface area contributed by atoms with Crippen molar-refractivity contribution >= 4 is 21.9 Å². The van der Waals surface area contributed by atoms with Crippen molar-refractivity contribution in [3.63, 3.8) is 0 Å². The molecule has 32 heavy (non-hydrogen) atoms. The number of aryl methyl sites for hydroxylation is 1. The van der Waals surface area contributed by atoms with Gasteiger partial charge in [-0.2, -0.15) is 0 Å². The van der Waals surface area contributed by atoms with Crippen LogP contribution in [0.5, 0.6) is 5.75 Å². The summed E-state index contributed by atoms with van der Waals surface area (Å²) >= 11 is 0. The van der Waals surface area contributed by atoms with E-state index in [0.29, 0.717) is 12.0 Å². The van der Waals surface area contributed by atoms with Gasteiger partial charge in [-0.3, -0.25) is 0 Å². The van der Waals surface area contributed by atoms with Crippen LogP contribution in [0.4, 0.5) is 4.79 Å². The second-order valence-electron chi connectivity index (χ2n) is 8.10. The molecule has 2 rings (SSSR count). The number of carbonyl (C=O) groups excluding carboxylic acids is 1. The SMILES string of the molecule is CCc1ccc(CS(=O)(=O)c2ccccc2)c(C(=O)O)c1OCCNC(=O)OC(C)(C)C. The Morgan fingerprint density at radius 1 is 1.03 bits per heavy atom. The maximum Gasteiger partial charge on any atom is 0.407 e. The smallest absolute Gasteiger partial charge is 0.407 e. The lowest BCUT2D eigenvalue weighted by molar-refractivity contribution is 0.0518. The van der Waals surface area contributed by atoms with Crippen LogP contribution in [-0.2, 0) is 26.7 Å². The molecule has 0 fully saturated rings. The summed E-state index contributed by atoms with van der Waals surface area (Å²) in [7, 11) is -3.75. The average molecular weight is 464 g/mol. The number of carboxylic acids is 1. The molecule has 2 aromatic carbocycles. The molecule has 0 aromatic heterocycles. The van der Waals surface area contributed by atoms with Crippen LogP contribution in [0.2, 0.25) is 0 Å². The molecule has 0 atom stereocenters. The number of ether oxygens (including phenoxy) is 2. The van der Waals surface area contributed by atoms with Gasteiger partial charge in [0.05, 0.1) is 17.2 Å². The minimum absolute atomic E-state index is 0.0125. The molecule has 0 radical (unpaired) electrons. The largest absolute Gasteiger partial charge is 0.491 e. The van der Waals surface area contributed by atoms with Crippen LogP contribution in [0.15, 0.2) is 47.4 Å². The molecule has 0 unspecified atom stereocenters. The molecular formula is C23H29NO7S. The van der Waals surface area contributed by atoms with Crippen molar-refractivity contribution in [1.82, 2.24) is 5.32 Å². The normalized spacial score (nSPS) is 11.6. The van der Waals surface area contributed by atoms with Crippen LogP contribution in [-0.4, -0.2) is 44.3 Å². The van der Waals surface area contributed by atoms with Crippen molar-refractivity contribution in [2.24, 2.45) is 0 Å². The van der Waals surface area contributed by atoms with Gasteiger partial charge in [-0.1, -0.05) is 37.3 Å². The molecule has 2 N–H and O–H groups in total. The maximum atomic E-state index is 12.8. The minimum atomic E-state index is -3.75. The summed E-state index contributed by atoms with van der Waals surface area (Å²) in [5.74, 6) is -1.66. The van der Waals surface area contributed by atoms with E-state index < -0.39 is 33.3 Å². The number of aromatic carboxylic acids is 1. The molecule has 8 nitrogen and oxygen atoms in total. The molecule has 0 spiro atoms. The van der Waals surface area contributed by atoms with E-state index in [1.807, 2.05) is 6.92 Å². The van der Waals surface area contributed by atoms with Gasteiger partial charge in [0.25, 0.3) is 0 Å². The zero-order chi connectivity index (χ0) is 23.9. The third-order valence-electron chi connectivity index (χ3n) is 4.38. The highest BCUT2D eigenvalue weighted by Gasteiger charge is 2.25. The molecule has 0 saturated heterocycles. The van der Waals surface area contributed by atoms with E-state index in [-0.39, 0.29) is 34.9 Å². The Labute approximate surface area is 188 Å². The van der Waals surface area contributed by atoms with Crippen molar-refractivity contribution < 1.29 is 32.6 Å². The number of nitrogens with one attached hydrogen (secondary N) is 1. The van der Waals surface area contributed by atoms with E-state index >= 15 is 0 Å². The molecule has 9 heteroatoms. The molecular weight excluding hydrogens is 434 g/mol. The lowest BCUT2D eigenvalue weighted by Crippen LogP contribution is -2.34. The van der Waals surface area contributed by atoms with Gasteiger partial charge in [-0.15, -0.1) is 0 Å². The van der Waals surface area contributed by atoms with Crippen LogP contribution >= 0.6 is 0 Å². The highest BCUT2D eigenvalue weighted by atomic mass is 32.2. The van der Waals surface area contributed by atoms with Crippen LogP contribution in [0.3, 0.4) is 0 Å². The number of carboxylic acid groups (broad SMARTS) is 1. The number of hydrogen-bond donors (Lipinski definition) is 2. The standard InChI is InChI=1S/C23H29NO7S/c1-5-16-11-12-17(15-32(28,29)18-9-7-6-8-10-18)19(21(25)26)20(16)30-14-13-24-22(27)31-23(2,3)4/h6-12H,5,13-15H2,1-4H3,(H,24,27)(H,25,26). The molecule has 2 aromatic rings. The summed E-state index contributed by atoms with van der Waals surface area (Å²) in [6.45, 7) is 7.14. The van der Waals surface area contributed by atoms with E-state index in [2.05, 4.69) is 5.32 Å². The van der Waals surface area contributed by atoms with E-state index in [9.17, 15) is 23.1 Å². The Hall–Kier alpha value is -3.07. The number of benzene rings is 2. The quantitative estimate of drug-likeness (QED) is 0.543. The topological polar surface area (TPSA) is 119 Å². The van der Waals surface area contributed by atoms with Crippen molar-refractivity contribution in [3.8, 4) is 5.75 Å². The second kappa shape index (κ2) is 10.5. The van der Waals surface area contributed by atoms with Gasteiger partial charge in [0.2, 0.25) is 0 Å². The third-order valence-corrected chi connectivity index (χ3v) is 6.07. The predicted molar refractivity (Wildman–Crippen MR) is 120 cm³/mol. The van der Waals surface area contributed by atoms with Gasteiger partial charge in [-0.05, 0) is 50.5 Å². The highest BCUT2D eigenvalue weighted by Crippen LogP contribution is 2.30. The van der Waals surface area contributed by atoms with Crippen LogP contribution in [0.1, 0.15) is 49.2 Å². The Bertz CT molecular complexity index is 1060. The number of sulfone groups is 1. The summed E-state index contributed by atoms with van der Waals surface area (Å²) in [5.41, 5.74) is -0.0784. The molecule has 0 aliphatic rings. The van der Waals surface area contributed by atoms with E-state index in [1.54, 1.807) is 45.0 Å². The fourth-order valence-corrected chi connectivity index (χ4v) is 4.39. The van der Waals surface area contributed by atoms with Crippen molar-refractivity contribution in [2.45, 2.75) is 50.4 Å². The number of alkyl carbamates (subject to hydrolysis) is 1.